The van der Waals surface area contributed by atoms with Crippen molar-refractivity contribution in [2.24, 2.45) is 0 Å². The molecule has 0 bridgehead atoms. The molecule has 0 spiro atoms. The zero-order valence-corrected chi connectivity index (χ0v) is 20.9. The van der Waals surface area contributed by atoms with Crippen molar-refractivity contribution in [3.63, 3.8) is 0 Å². The maximum absolute atomic E-state index is 12.8. The molecule has 1 N–H and O–H groups in total. The number of nitrogens with one attached hydrogen (secondary N) is 1. The summed E-state index contributed by atoms with van der Waals surface area (Å²) in [5.41, 5.74) is 5.26. The van der Waals surface area contributed by atoms with Gasteiger partial charge in [-0.3, -0.25) is 9.59 Å². The van der Waals surface area contributed by atoms with Crippen LogP contribution in [0.4, 0.5) is 5.69 Å². The molecule has 7 heteroatoms. The van der Waals surface area contributed by atoms with E-state index in [0.717, 1.165) is 23.1 Å². The summed E-state index contributed by atoms with van der Waals surface area (Å²) in [5, 5.41) is 2.82. The number of aromatic nitrogens is 1. The highest BCUT2D eigenvalue weighted by atomic mass is 16.5. The van der Waals surface area contributed by atoms with Crippen LogP contribution in [0.5, 0.6) is 5.75 Å². The van der Waals surface area contributed by atoms with Crippen LogP contribution in [0.15, 0.2) is 83.5 Å². The second kappa shape index (κ2) is 10.7. The molecule has 7 nitrogen and oxygen atoms in total. The zero-order valence-electron chi connectivity index (χ0n) is 20.9. The molecule has 4 aromatic rings. The van der Waals surface area contributed by atoms with Gasteiger partial charge in [-0.05, 0) is 59.9 Å². The van der Waals surface area contributed by atoms with Crippen molar-refractivity contribution in [2.45, 2.75) is 39.3 Å². The lowest BCUT2D eigenvalue weighted by molar-refractivity contribution is -0.132. The monoisotopic (exact) mass is 495 g/mol. The minimum Gasteiger partial charge on any atom is -0.484 e. The number of carbonyl (C=O) groups excluding carboxylic acids is 2. The van der Waals surface area contributed by atoms with Gasteiger partial charge in [0, 0.05) is 18.7 Å². The number of benzene rings is 3. The molecule has 0 radical (unpaired) electrons. The Balaban J connectivity index is 1.32. The number of aryl methyl sites for hydroxylation is 1. The molecule has 5 rings (SSSR count). The van der Waals surface area contributed by atoms with Gasteiger partial charge >= 0.3 is 0 Å². The number of fused-ring (bicyclic) bond motifs is 1. The van der Waals surface area contributed by atoms with Crippen LogP contribution in [0.1, 0.15) is 58.0 Å². The fourth-order valence-electron chi connectivity index (χ4n) is 4.69. The molecule has 2 amide bonds. The lowest BCUT2D eigenvalue weighted by Gasteiger charge is -2.38. The predicted octanol–water partition coefficient (Wildman–Crippen LogP) is 5.70. The fourth-order valence-corrected chi connectivity index (χ4v) is 4.69. The number of carbonyl (C=O) groups is 2. The van der Waals surface area contributed by atoms with Crippen LogP contribution in [0.3, 0.4) is 0 Å². The molecule has 0 saturated heterocycles. The summed E-state index contributed by atoms with van der Waals surface area (Å²) in [5.74, 6) is 0.729. The van der Waals surface area contributed by atoms with E-state index in [-0.39, 0.29) is 30.2 Å². The molecule has 37 heavy (non-hydrogen) atoms. The van der Waals surface area contributed by atoms with E-state index in [0.29, 0.717) is 30.3 Å². The molecular formula is C30H29N3O4. The molecule has 1 atom stereocenters. The van der Waals surface area contributed by atoms with Gasteiger partial charge in [0.25, 0.3) is 5.91 Å². The van der Waals surface area contributed by atoms with Crippen molar-refractivity contribution in [1.29, 1.82) is 0 Å². The average molecular weight is 496 g/mol. The number of hydrogen-bond donors (Lipinski definition) is 1. The van der Waals surface area contributed by atoms with Gasteiger partial charge in [0.05, 0.1) is 6.04 Å². The molecule has 1 unspecified atom stereocenters. The second-order valence-corrected chi connectivity index (χ2v) is 9.10. The topological polar surface area (TPSA) is 84.7 Å². The Labute approximate surface area is 216 Å². The van der Waals surface area contributed by atoms with E-state index in [9.17, 15) is 9.59 Å². The molecule has 1 aromatic heterocycles. The Hall–Kier alpha value is -4.39. The molecule has 3 aromatic carbocycles. The van der Waals surface area contributed by atoms with Gasteiger partial charge in [-0.1, -0.05) is 55.5 Å². The number of ether oxygens (including phenoxy) is 1. The van der Waals surface area contributed by atoms with Gasteiger partial charge < -0.3 is 19.4 Å². The first-order valence-corrected chi connectivity index (χ1v) is 12.4. The molecular weight excluding hydrogens is 466 g/mol. The Morgan fingerprint density at radius 1 is 1.08 bits per heavy atom. The molecule has 1 aliphatic rings. The number of hydrogen-bond acceptors (Lipinski definition) is 5. The fraction of sp³-hybridized carbons (Fsp3) is 0.233. The zero-order chi connectivity index (χ0) is 25.8. The van der Waals surface area contributed by atoms with Gasteiger partial charge in [0.2, 0.25) is 11.8 Å². The summed E-state index contributed by atoms with van der Waals surface area (Å²) in [4.78, 5) is 31.6. The third-order valence-corrected chi connectivity index (χ3v) is 6.51. The quantitative estimate of drug-likeness (QED) is 0.356. The molecule has 0 aliphatic carbocycles. The molecule has 1 aliphatic heterocycles. The third kappa shape index (κ3) is 5.40. The summed E-state index contributed by atoms with van der Waals surface area (Å²) in [6.45, 7) is 4.61. The van der Waals surface area contributed by atoms with Crippen molar-refractivity contribution >= 4 is 17.5 Å². The lowest BCUT2D eigenvalue weighted by atomic mass is 9.87. The van der Waals surface area contributed by atoms with E-state index in [2.05, 4.69) is 28.5 Å². The van der Waals surface area contributed by atoms with Crippen LogP contribution in [-0.4, -0.2) is 28.2 Å². The third-order valence-electron chi connectivity index (χ3n) is 6.51. The minimum absolute atomic E-state index is 0.0735. The summed E-state index contributed by atoms with van der Waals surface area (Å²) < 4.78 is 11.5. The molecule has 188 valence electrons. The van der Waals surface area contributed by atoms with Crippen molar-refractivity contribution in [2.75, 3.05) is 11.9 Å². The van der Waals surface area contributed by atoms with E-state index in [1.165, 1.54) is 11.8 Å². The van der Waals surface area contributed by atoms with Crippen molar-refractivity contribution < 1.29 is 18.7 Å². The van der Waals surface area contributed by atoms with E-state index < -0.39 is 0 Å². The maximum atomic E-state index is 12.8. The van der Waals surface area contributed by atoms with E-state index in [1.54, 1.807) is 0 Å². The van der Waals surface area contributed by atoms with E-state index in [4.69, 9.17) is 9.15 Å². The average Bonchev–Trinajstić information content (AvgIpc) is 3.40. The summed E-state index contributed by atoms with van der Waals surface area (Å²) in [6.07, 6.45) is 2.58. The van der Waals surface area contributed by atoms with Crippen molar-refractivity contribution in [3.05, 3.63) is 113 Å². The molecule has 0 fully saturated rings. The summed E-state index contributed by atoms with van der Waals surface area (Å²) >= 11 is 0. The highest BCUT2D eigenvalue weighted by Gasteiger charge is 2.31. The number of anilines is 1. The maximum Gasteiger partial charge on any atom is 0.277 e. The Morgan fingerprint density at radius 3 is 2.70 bits per heavy atom. The highest BCUT2D eigenvalue weighted by Crippen LogP contribution is 2.37. The van der Waals surface area contributed by atoms with Crippen LogP contribution in [0.2, 0.25) is 0 Å². The van der Waals surface area contributed by atoms with Crippen molar-refractivity contribution in [3.8, 4) is 5.75 Å². The van der Waals surface area contributed by atoms with Crippen LogP contribution in [0.25, 0.3) is 0 Å². The number of rotatable bonds is 7. The lowest BCUT2D eigenvalue weighted by Crippen LogP contribution is -2.40. The smallest absolute Gasteiger partial charge is 0.277 e. The van der Waals surface area contributed by atoms with Gasteiger partial charge in [0.15, 0.2) is 12.3 Å². The predicted molar refractivity (Wildman–Crippen MR) is 140 cm³/mol. The van der Waals surface area contributed by atoms with Crippen LogP contribution >= 0.6 is 0 Å². The normalized spacial score (nSPS) is 14.6. The Kier molecular flexibility index (Phi) is 7.03. The van der Waals surface area contributed by atoms with Gasteiger partial charge in [-0.2, -0.15) is 0 Å². The number of nitrogens with zero attached hydrogens (tertiary/aromatic N) is 2. The SMILES string of the molecule is CCC(=O)N1CCc2ccc(OCc3nc(C(=O)Nc4cccc(C)c4)co3)cc2C1c1ccccc1. The Bertz CT molecular complexity index is 1410. The molecule has 0 saturated carbocycles. The van der Waals surface area contributed by atoms with Crippen LogP contribution in [0, 0.1) is 6.92 Å². The van der Waals surface area contributed by atoms with Crippen molar-refractivity contribution in [1.82, 2.24) is 9.88 Å². The number of amides is 2. The summed E-state index contributed by atoms with van der Waals surface area (Å²) in [6, 6.07) is 23.4. The standard InChI is InChI=1S/C30H29N3O4/c1-3-28(34)33-15-14-21-12-13-24(17-25(21)29(33)22-9-5-4-6-10-22)36-19-27-32-26(18-37-27)30(35)31-23-11-7-8-20(2)16-23/h4-13,16-18,29H,3,14-15,19H2,1-2H3,(H,31,35). The first-order chi connectivity index (χ1) is 18.0. The minimum atomic E-state index is -0.347. The second-order valence-electron chi connectivity index (χ2n) is 9.10. The van der Waals surface area contributed by atoms with Gasteiger partial charge in [-0.25, -0.2) is 4.98 Å². The molecule has 2 heterocycles. The van der Waals surface area contributed by atoms with E-state index in [1.807, 2.05) is 73.3 Å². The van der Waals surface area contributed by atoms with Gasteiger partial charge in [-0.15, -0.1) is 0 Å². The van der Waals surface area contributed by atoms with Gasteiger partial charge in [0.1, 0.15) is 12.0 Å². The van der Waals surface area contributed by atoms with Crippen LogP contribution in [-0.2, 0) is 17.8 Å². The number of oxazole rings is 1. The Morgan fingerprint density at radius 2 is 1.92 bits per heavy atom. The summed E-state index contributed by atoms with van der Waals surface area (Å²) in [7, 11) is 0. The largest absolute Gasteiger partial charge is 0.484 e. The first-order valence-electron chi connectivity index (χ1n) is 12.4. The highest BCUT2D eigenvalue weighted by molar-refractivity contribution is 6.02. The van der Waals surface area contributed by atoms with Crippen LogP contribution < -0.4 is 10.1 Å². The first kappa shape index (κ1) is 24.3. The van der Waals surface area contributed by atoms with E-state index >= 15 is 0 Å².